The van der Waals surface area contributed by atoms with E-state index < -0.39 is 0 Å². The number of aliphatic hydroxyl groups excluding tert-OH is 1. The van der Waals surface area contributed by atoms with Crippen LogP contribution in [0.25, 0.3) is 0 Å². The predicted octanol–water partition coefficient (Wildman–Crippen LogP) is 2.34. The van der Waals surface area contributed by atoms with Gasteiger partial charge < -0.3 is 5.11 Å². The lowest BCUT2D eigenvalue weighted by Gasteiger charge is -2.34. The van der Waals surface area contributed by atoms with E-state index in [9.17, 15) is 9.50 Å². The van der Waals surface area contributed by atoms with Gasteiger partial charge in [-0.3, -0.25) is 4.90 Å². The molecule has 1 N–H and O–H groups in total. The Morgan fingerprint density at radius 2 is 1.81 bits per heavy atom. The Hall–Kier alpha value is -0.930. The molecule has 1 fully saturated rings. The van der Waals surface area contributed by atoms with Crippen LogP contribution >= 0.6 is 0 Å². The van der Waals surface area contributed by atoms with Crippen molar-refractivity contribution in [3.8, 4) is 0 Å². The second kappa shape index (κ2) is 4.93. The topological polar surface area (TPSA) is 23.5 Å². The molecule has 2 nitrogen and oxygen atoms in total. The summed E-state index contributed by atoms with van der Waals surface area (Å²) >= 11 is 0. The second-order valence-electron chi connectivity index (χ2n) is 4.49. The summed E-state index contributed by atoms with van der Waals surface area (Å²) in [5.74, 6) is -0.190. The Bertz CT molecular complexity index is 330. The molecule has 0 bridgehead atoms. The first-order valence-electron chi connectivity index (χ1n) is 5.84. The third-order valence-electron chi connectivity index (χ3n) is 3.40. The average molecular weight is 223 g/mol. The molecule has 16 heavy (non-hydrogen) atoms. The first-order chi connectivity index (χ1) is 7.66. The first kappa shape index (κ1) is 11.6. The van der Waals surface area contributed by atoms with E-state index in [1.54, 1.807) is 0 Å². The fourth-order valence-electron chi connectivity index (χ4n) is 2.23. The molecule has 88 valence electrons. The monoisotopic (exact) mass is 223 g/mol. The van der Waals surface area contributed by atoms with Crippen LogP contribution in [0.4, 0.5) is 4.39 Å². The van der Waals surface area contributed by atoms with Crippen LogP contribution in [0.2, 0.25) is 0 Å². The summed E-state index contributed by atoms with van der Waals surface area (Å²) in [6.45, 7) is 3.96. The van der Waals surface area contributed by atoms with Crippen molar-refractivity contribution in [2.75, 3.05) is 13.1 Å². The van der Waals surface area contributed by atoms with E-state index in [-0.39, 0.29) is 11.9 Å². The van der Waals surface area contributed by atoms with Gasteiger partial charge in [-0.1, -0.05) is 12.1 Å². The highest BCUT2D eigenvalue weighted by Crippen LogP contribution is 2.24. The van der Waals surface area contributed by atoms with Gasteiger partial charge in [-0.2, -0.15) is 0 Å². The Kier molecular flexibility index (Phi) is 3.56. The maximum atomic E-state index is 12.8. The van der Waals surface area contributed by atoms with Crippen LogP contribution < -0.4 is 0 Å². The number of halogens is 1. The Morgan fingerprint density at radius 1 is 1.25 bits per heavy atom. The SMILES string of the molecule is C[C@H](c1ccc(F)cc1)N1CCC(O)CC1. The molecule has 1 aromatic rings. The van der Waals surface area contributed by atoms with Gasteiger partial charge >= 0.3 is 0 Å². The summed E-state index contributed by atoms with van der Waals surface area (Å²) < 4.78 is 12.8. The molecule has 1 aliphatic rings. The fourth-order valence-corrected chi connectivity index (χ4v) is 2.23. The summed E-state index contributed by atoms with van der Waals surface area (Å²) in [6, 6.07) is 6.99. The molecule has 1 heterocycles. The van der Waals surface area contributed by atoms with Gasteiger partial charge in [-0.25, -0.2) is 4.39 Å². The number of rotatable bonds is 2. The smallest absolute Gasteiger partial charge is 0.123 e. The minimum absolute atomic E-state index is 0.142. The van der Waals surface area contributed by atoms with E-state index in [1.165, 1.54) is 12.1 Å². The van der Waals surface area contributed by atoms with Crippen molar-refractivity contribution in [1.29, 1.82) is 0 Å². The number of aliphatic hydroxyl groups is 1. The molecule has 0 aliphatic carbocycles. The van der Waals surface area contributed by atoms with Crippen LogP contribution in [-0.4, -0.2) is 29.2 Å². The van der Waals surface area contributed by atoms with E-state index in [4.69, 9.17) is 0 Å². The summed E-state index contributed by atoms with van der Waals surface area (Å²) in [4.78, 5) is 2.33. The van der Waals surface area contributed by atoms with Crippen LogP contribution in [0.3, 0.4) is 0 Å². The minimum atomic E-state index is -0.190. The zero-order chi connectivity index (χ0) is 11.5. The molecule has 0 aromatic heterocycles. The molecular formula is C13H18FNO. The highest BCUT2D eigenvalue weighted by molar-refractivity contribution is 5.19. The molecule has 0 unspecified atom stereocenters. The zero-order valence-electron chi connectivity index (χ0n) is 9.56. The zero-order valence-corrected chi connectivity index (χ0v) is 9.56. The van der Waals surface area contributed by atoms with Gasteiger partial charge in [0.05, 0.1) is 6.10 Å². The lowest BCUT2D eigenvalue weighted by molar-refractivity contribution is 0.0645. The Morgan fingerprint density at radius 3 is 2.38 bits per heavy atom. The van der Waals surface area contributed by atoms with Crippen molar-refractivity contribution in [1.82, 2.24) is 4.90 Å². The number of hydrogen-bond acceptors (Lipinski definition) is 2. The molecule has 1 aromatic carbocycles. The molecule has 1 atom stereocenters. The number of nitrogens with zero attached hydrogens (tertiary/aromatic N) is 1. The maximum absolute atomic E-state index is 12.8. The van der Waals surface area contributed by atoms with Crippen LogP contribution in [0, 0.1) is 5.82 Å². The normalized spacial score (nSPS) is 20.9. The van der Waals surface area contributed by atoms with Crippen LogP contribution in [0.15, 0.2) is 24.3 Å². The molecule has 1 aliphatic heterocycles. The van der Waals surface area contributed by atoms with Crippen molar-refractivity contribution in [2.24, 2.45) is 0 Å². The van der Waals surface area contributed by atoms with Gasteiger partial charge in [0, 0.05) is 19.1 Å². The summed E-state index contributed by atoms with van der Waals surface area (Å²) in [5.41, 5.74) is 1.14. The van der Waals surface area contributed by atoms with Crippen molar-refractivity contribution < 1.29 is 9.50 Å². The number of benzene rings is 1. The number of hydrogen-bond donors (Lipinski definition) is 1. The van der Waals surface area contributed by atoms with Gasteiger partial charge in [-0.05, 0) is 37.5 Å². The van der Waals surface area contributed by atoms with Crippen molar-refractivity contribution in [3.63, 3.8) is 0 Å². The predicted molar refractivity (Wildman–Crippen MR) is 61.6 cm³/mol. The van der Waals surface area contributed by atoms with Gasteiger partial charge in [0.25, 0.3) is 0 Å². The molecule has 3 heteroatoms. The van der Waals surface area contributed by atoms with Crippen LogP contribution in [-0.2, 0) is 0 Å². The quantitative estimate of drug-likeness (QED) is 0.832. The molecule has 0 amide bonds. The van der Waals surface area contributed by atoms with Crippen molar-refractivity contribution in [3.05, 3.63) is 35.6 Å². The van der Waals surface area contributed by atoms with E-state index in [0.29, 0.717) is 6.04 Å². The van der Waals surface area contributed by atoms with Crippen LogP contribution in [0.1, 0.15) is 31.4 Å². The molecular weight excluding hydrogens is 205 g/mol. The molecule has 0 spiro atoms. The lowest BCUT2D eigenvalue weighted by Crippen LogP contribution is -2.37. The fraction of sp³-hybridized carbons (Fsp3) is 0.538. The molecule has 0 radical (unpaired) electrons. The average Bonchev–Trinajstić information content (AvgIpc) is 2.30. The van der Waals surface area contributed by atoms with E-state index in [1.807, 2.05) is 12.1 Å². The van der Waals surface area contributed by atoms with Crippen molar-refractivity contribution in [2.45, 2.75) is 31.9 Å². The van der Waals surface area contributed by atoms with E-state index >= 15 is 0 Å². The molecule has 1 saturated heterocycles. The third-order valence-corrected chi connectivity index (χ3v) is 3.40. The summed E-state index contributed by atoms with van der Waals surface area (Å²) in [6.07, 6.45) is 1.54. The lowest BCUT2D eigenvalue weighted by atomic mass is 10.0. The first-order valence-corrected chi connectivity index (χ1v) is 5.84. The standard InChI is InChI=1S/C13H18FNO/c1-10(11-2-4-12(14)5-3-11)15-8-6-13(16)7-9-15/h2-5,10,13,16H,6-9H2,1H3/t10-/m1/s1. The van der Waals surface area contributed by atoms with Crippen molar-refractivity contribution >= 4 is 0 Å². The van der Waals surface area contributed by atoms with E-state index in [2.05, 4.69) is 11.8 Å². The van der Waals surface area contributed by atoms with Crippen LogP contribution in [0.5, 0.6) is 0 Å². The summed E-state index contributed by atoms with van der Waals surface area (Å²) in [7, 11) is 0. The Labute approximate surface area is 95.7 Å². The number of piperidine rings is 1. The Balaban J connectivity index is 2.01. The molecule has 2 rings (SSSR count). The highest BCUT2D eigenvalue weighted by Gasteiger charge is 2.21. The minimum Gasteiger partial charge on any atom is -0.393 e. The number of likely N-dealkylation sites (tertiary alicyclic amines) is 1. The van der Waals surface area contributed by atoms with Gasteiger partial charge in [0.1, 0.15) is 5.82 Å². The second-order valence-corrected chi connectivity index (χ2v) is 4.49. The van der Waals surface area contributed by atoms with Gasteiger partial charge in [0.2, 0.25) is 0 Å². The van der Waals surface area contributed by atoms with Gasteiger partial charge in [0.15, 0.2) is 0 Å². The van der Waals surface area contributed by atoms with Gasteiger partial charge in [-0.15, -0.1) is 0 Å². The summed E-state index contributed by atoms with van der Waals surface area (Å²) in [5, 5.41) is 9.44. The maximum Gasteiger partial charge on any atom is 0.123 e. The largest absolute Gasteiger partial charge is 0.393 e. The highest BCUT2D eigenvalue weighted by atomic mass is 19.1. The molecule has 0 saturated carbocycles. The third kappa shape index (κ3) is 2.60. The van der Waals surface area contributed by atoms with E-state index in [0.717, 1.165) is 31.5 Å².